The number of nitrogens with one attached hydrogen (secondary N) is 1. The number of amides is 1. The first-order valence-electron chi connectivity index (χ1n) is 13.8. The third-order valence-electron chi connectivity index (χ3n) is 7.86. The summed E-state index contributed by atoms with van der Waals surface area (Å²) in [7, 11) is 0. The summed E-state index contributed by atoms with van der Waals surface area (Å²) < 4.78 is 17.3. The van der Waals surface area contributed by atoms with Crippen molar-refractivity contribution in [3.05, 3.63) is 59.2 Å². The Hall–Kier alpha value is -2.44. The molecule has 202 valence electrons. The van der Waals surface area contributed by atoms with Crippen molar-refractivity contribution in [3.8, 4) is 0 Å². The molecule has 1 amide bonds. The van der Waals surface area contributed by atoms with Gasteiger partial charge in [0.05, 0.1) is 23.9 Å². The molecule has 3 fully saturated rings. The lowest BCUT2D eigenvalue weighted by molar-refractivity contribution is -0.145. The topological polar surface area (TPSA) is 77.2 Å². The van der Waals surface area contributed by atoms with Crippen molar-refractivity contribution in [2.24, 2.45) is 5.92 Å². The van der Waals surface area contributed by atoms with Crippen molar-refractivity contribution in [3.63, 3.8) is 0 Å². The Balaban J connectivity index is 1.23. The molecule has 1 spiro atoms. The number of epoxide rings is 1. The molecule has 1 unspecified atom stereocenters. The molecule has 0 radical (unpaired) electrons. The van der Waals surface area contributed by atoms with E-state index in [0.717, 1.165) is 57.1 Å². The van der Waals surface area contributed by atoms with Crippen LogP contribution in [0, 0.1) is 5.92 Å². The zero-order valence-electron chi connectivity index (χ0n) is 23.0. The van der Waals surface area contributed by atoms with E-state index in [1.807, 2.05) is 18.2 Å². The van der Waals surface area contributed by atoms with Crippen LogP contribution in [0.5, 0.6) is 0 Å². The molecule has 37 heavy (non-hydrogen) atoms. The predicted octanol–water partition coefficient (Wildman–Crippen LogP) is 6.22. The van der Waals surface area contributed by atoms with Crippen LogP contribution in [-0.2, 0) is 19.0 Å². The van der Waals surface area contributed by atoms with E-state index in [4.69, 9.17) is 14.2 Å². The van der Waals surface area contributed by atoms with Crippen LogP contribution in [0.4, 0.5) is 0 Å². The van der Waals surface area contributed by atoms with Gasteiger partial charge in [0.25, 0.3) is 5.91 Å². The van der Waals surface area contributed by atoms with E-state index in [1.165, 1.54) is 12.5 Å². The minimum atomic E-state index is -0.460. The molecule has 1 aromatic carbocycles. The molecule has 2 heterocycles. The lowest BCUT2D eigenvalue weighted by Gasteiger charge is -2.38. The molecule has 1 aromatic rings. The molecule has 2 aliphatic heterocycles. The van der Waals surface area contributed by atoms with Crippen LogP contribution in [-0.4, -0.2) is 41.8 Å². The summed E-state index contributed by atoms with van der Waals surface area (Å²) in [4.78, 5) is 24.4. The maximum atomic E-state index is 13.0. The normalized spacial score (nSPS) is 30.2. The lowest BCUT2D eigenvalue weighted by Crippen LogP contribution is -2.43. The van der Waals surface area contributed by atoms with Gasteiger partial charge in [0.15, 0.2) is 0 Å². The molecule has 1 N–H and O–H groups in total. The quantitative estimate of drug-likeness (QED) is 0.256. The van der Waals surface area contributed by atoms with Crippen molar-refractivity contribution in [1.29, 1.82) is 0 Å². The van der Waals surface area contributed by atoms with Gasteiger partial charge in [0, 0.05) is 36.9 Å². The Morgan fingerprint density at radius 1 is 1.16 bits per heavy atom. The number of benzene rings is 1. The Morgan fingerprint density at radius 2 is 1.86 bits per heavy atom. The zero-order chi connectivity index (χ0) is 26.6. The molecule has 2 saturated heterocycles. The van der Waals surface area contributed by atoms with Crippen molar-refractivity contribution in [1.82, 2.24) is 5.32 Å². The van der Waals surface area contributed by atoms with E-state index < -0.39 is 6.10 Å². The fraction of sp³-hybridized carbons (Fsp3) is 0.613. The second-order valence-corrected chi connectivity index (χ2v) is 11.8. The highest BCUT2D eigenvalue weighted by molar-refractivity contribution is 5.96. The largest absolute Gasteiger partial charge is 0.458 e. The summed E-state index contributed by atoms with van der Waals surface area (Å²) in [5.41, 5.74) is 2.49. The van der Waals surface area contributed by atoms with Crippen LogP contribution in [0.2, 0.25) is 0 Å². The Kier molecular flexibility index (Phi) is 8.59. The van der Waals surface area contributed by atoms with Gasteiger partial charge in [-0.25, -0.2) is 0 Å². The van der Waals surface area contributed by atoms with Crippen molar-refractivity contribution in [2.45, 2.75) is 109 Å². The van der Waals surface area contributed by atoms with Gasteiger partial charge in [-0.15, -0.1) is 0 Å². The van der Waals surface area contributed by atoms with E-state index >= 15 is 0 Å². The molecule has 6 nitrogen and oxygen atoms in total. The molecular weight excluding hydrogens is 466 g/mol. The smallest absolute Gasteiger partial charge is 0.303 e. The highest BCUT2D eigenvalue weighted by Gasteiger charge is 2.53. The minimum absolute atomic E-state index is 0.0467. The number of carbonyl (C=O) groups excluding carboxylic acids is 2. The molecule has 6 heteroatoms. The minimum Gasteiger partial charge on any atom is -0.458 e. The lowest BCUT2D eigenvalue weighted by atomic mass is 9.83. The summed E-state index contributed by atoms with van der Waals surface area (Å²) in [6.45, 7) is 10.5. The number of hydrogen-bond acceptors (Lipinski definition) is 5. The van der Waals surface area contributed by atoms with Crippen molar-refractivity contribution < 1.29 is 23.8 Å². The second-order valence-electron chi connectivity index (χ2n) is 11.8. The molecule has 0 aromatic heterocycles. The third-order valence-corrected chi connectivity index (χ3v) is 7.86. The van der Waals surface area contributed by atoms with E-state index in [9.17, 15) is 9.59 Å². The number of allylic oxidation sites excluding steroid dienone is 3. The number of esters is 1. The maximum absolute atomic E-state index is 13.0. The summed E-state index contributed by atoms with van der Waals surface area (Å²) in [5.74, 6) is 0.194. The maximum Gasteiger partial charge on any atom is 0.303 e. The first-order valence-corrected chi connectivity index (χ1v) is 13.8. The fourth-order valence-corrected chi connectivity index (χ4v) is 5.99. The number of hydrogen-bond donors (Lipinski definition) is 1. The Morgan fingerprint density at radius 3 is 2.54 bits per heavy atom. The molecular formula is C31H43NO5. The van der Waals surface area contributed by atoms with Gasteiger partial charge in [-0.1, -0.05) is 42.0 Å². The van der Waals surface area contributed by atoms with E-state index in [2.05, 4.69) is 44.3 Å². The van der Waals surface area contributed by atoms with Crippen LogP contribution in [0.25, 0.3) is 0 Å². The van der Waals surface area contributed by atoms with Crippen molar-refractivity contribution >= 4 is 11.9 Å². The van der Waals surface area contributed by atoms with Gasteiger partial charge in [-0.3, -0.25) is 9.59 Å². The first-order chi connectivity index (χ1) is 17.5. The van der Waals surface area contributed by atoms with Gasteiger partial charge < -0.3 is 19.5 Å². The summed E-state index contributed by atoms with van der Waals surface area (Å²) in [6.07, 6.45) is 13.5. The number of carbonyl (C=O) groups is 2. The van der Waals surface area contributed by atoms with E-state index in [0.29, 0.717) is 11.5 Å². The van der Waals surface area contributed by atoms with Crippen molar-refractivity contribution in [2.75, 3.05) is 6.61 Å². The van der Waals surface area contributed by atoms with Crippen LogP contribution >= 0.6 is 0 Å². The second kappa shape index (κ2) is 11.5. The summed E-state index contributed by atoms with van der Waals surface area (Å²) in [5, 5.41) is 3.21. The standard InChI is InChI=1S/C31H43NO5/c1-21(11-17-26-18-31(20-35-31)19-30(4,5)37-26)10-12-24-13-15-25(16-14-24)32-29(34)28-9-7-6-8-27(28)22(2)36-23(3)33/h6-11,17,22,24-26H,12-16,18-20H2,1-5H3,(H,32,34)/t22?,24?,25?,26-,31-/m1/s1. The highest BCUT2D eigenvalue weighted by atomic mass is 16.6. The SMILES string of the molecule is CC(=O)OC(C)c1ccccc1C(=O)NC1CCC(CC=C(C)C=C[C@@H]2C[C@]3(CO3)CC(C)(C)O2)CC1. The van der Waals surface area contributed by atoms with Gasteiger partial charge in [-0.2, -0.15) is 0 Å². The summed E-state index contributed by atoms with van der Waals surface area (Å²) in [6, 6.07) is 7.53. The molecule has 4 rings (SSSR count). The van der Waals surface area contributed by atoms with Crippen LogP contribution in [0.3, 0.4) is 0 Å². The molecule has 3 aliphatic rings. The predicted molar refractivity (Wildman–Crippen MR) is 144 cm³/mol. The number of ether oxygens (including phenoxy) is 3. The molecule has 1 saturated carbocycles. The molecule has 0 bridgehead atoms. The average molecular weight is 510 g/mol. The highest BCUT2D eigenvalue weighted by Crippen LogP contribution is 2.46. The summed E-state index contributed by atoms with van der Waals surface area (Å²) >= 11 is 0. The zero-order valence-corrected chi connectivity index (χ0v) is 23.0. The van der Waals surface area contributed by atoms with Gasteiger partial charge in [0.1, 0.15) is 6.10 Å². The van der Waals surface area contributed by atoms with E-state index in [1.54, 1.807) is 13.0 Å². The van der Waals surface area contributed by atoms with Gasteiger partial charge in [0.2, 0.25) is 0 Å². The average Bonchev–Trinajstić information content (AvgIpc) is 3.58. The van der Waals surface area contributed by atoms with Crippen LogP contribution in [0.15, 0.2) is 48.1 Å². The van der Waals surface area contributed by atoms with Crippen LogP contribution < -0.4 is 5.32 Å². The molecule has 3 atom stereocenters. The third kappa shape index (κ3) is 7.78. The Labute approximate surface area is 221 Å². The van der Waals surface area contributed by atoms with Gasteiger partial charge in [-0.05, 0) is 71.8 Å². The van der Waals surface area contributed by atoms with Gasteiger partial charge >= 0.3 is 5.97 Å². The van der Waals surface area contributed by atoms with Crippen LogP contribution in [0.1, 0.15) is 102 Å². The van der Waals surface area contributed by atoms with E-state index in [-0.39, 0.29) is 35.2 Å². The number of rotatable bonds is 8. The molecule has 1 aliphatic carbocycles. The Bertz CT molecular complexity index is 1020. The monoisotopic (exact) mass is 509 g/mol. The first kappa shape index (κ1) is 27.6. The fourth-order valence-electron chi connectivity index (χ4n) is 5.99.